The summed E-state index contributed by atoms with van der Waals surface area (Å²) in [5, 5.41) is 2.83. The number of fused-ring (bicyclic) bond motifs is 3. The molecule has 1 unspecified atom stereocenters. The zero-order valence-electron chi connectivity index (χ0n) is 18.0. The second-order valence-corrected chi connectivity index (χ2v) is 7.58. The van der Waals surface area contributed by atoms with Crippen LogP contribution in [0.15, 0.2) is 65.4 Å². The Labute approximate surface area is 182 Å². The first kappa shape index (κ1) is 20.8. The van der Waals surface area contributed by atoms with E-state index in [1.54, 1.807) is 16.1 Å². The maximum Gasteiger partial charge on any atom is 0.317 e. The van der Waals surface area contributed by atoms with Crippen LogP contribution in [-0.2, 0) is 4.79 Å². The molecule has 0 saturated carbocycles. The van der Waals surface area contributed by atoms with Gasteiger partial charge in [0, 0.05) is 19.3 Å². The molecular formula is C24H28N4O3. The molecule has 3 amide bonds. The third kappa shape index (κ3) is 3.95. The summed E-state index contributed by atoms with van der Waals surface area (Å²) in [7, 11) is 0. The molecule has 4 rings (SSSR count). The largest absolute Gasteiger partial charge is 0.467 e. The van der Waals surface area contributed by atoms with E-state index in [2.05, 4.69) is 16.8 Å². The summed E-state index contributed by atoms with van der Waals surface area (Å²) in [6.45, 7) is 4.99. The van der Waals surface area contributed by atoms with Gasteiger partial charge in [-0.25, -0.2) is 4.79 Å². The Morgan fingerprint density at radius 1 is 1.06 bits per heavy atom. The topological polar surface area (TPSA) is 70.7 Å². The van der Waals surface area contributed by atoms with Crippen molar-refractivity contribution in [3.8, 4) is 5.69 Å². The Morgan fingerprint density at radius 3 is 2.58 bits per heavy atom. The van der Waals surface area contributed by atoms with Gasteiger partial charge in [0.2, 0.25) is 5.91 Å². The molecule has 0 fully saturated rings. The number of para-hydroxylation sites is 2. The second kappa shape index (κ2) is 9.12. The molecule has 1 atom stereocenters. The van der Waals surface area contributed by atoms with Gasteiger partial charge in [-0.2, -0.15) is 0 Å². The number of urea groups is 1. The van der Waals surface area contributed by atoms with E-state index in [0.717, 1.165) is 29.9 Å². The number of benzene rings is 1. The number of rotatable bonds is 7. The average molecular weight is 421 g/mol. The number of furan rings is 1. The SMILES string of the molecule is CCCCN(CC(=O)N1c2ccccc2-n2cccc2C1c1ccco1)C(=O)NCC. The van der Waals surface area contributed by atoms with E-state index in [4.69, 9.17) is 4.42 Å². The number of carbonyl (C=O) groups excluding carboxylic acids is 2. The lowest BCUT2D eigenvalue weighted by Gasteiger charge is -2.38. The molecule has 1 aliphatic heterocycles. The lowest BCUT2D eigenvalue weighted by atomic mass is 10.0. The van der Waals surface area contributed by atoms with Crippen molar-refractivity contribution in [2.45, 2.75) is 32.7 Å². The fraction of sp³-hybridized carbons (Fsp3) is 0.333. The van der Waals surface area contributed by atoms with E-state index in [9.17, 15) is 9.59 Å². The van der Waals surface area contributed by atoms with Crippen molar-refractivity contribution in [3.05, 3.63) is 72.4 Å². The smallest absolute Gasteiger partial charge is 0.317 e. The van der Waals surface area contributed by atoms with E-state index in [1.807, 2.05) is 61.7 Å². The third-order valence-electron chi connectivity index (χ3n) is 5.52. The number of hydrogen-bond acceptors (Lipinski definition) is 3. The van der Waals surface area contributed by atoms with Crippen LogP contribution in [0.5, 0.6) is 0 Å². The summed E-state index contributed by atoms with van der Waals surface area (Å²) in [6.07, 6.45) is 5.40. The summed E-state index contributed by atoms with van der Waals surface area (Å²) in [5.74, 6) is 0.532. The first-order chi connectivity index (χ1) is 15.2. The predicted octanol–water partition coefficient (Wildman–Crippen LogP) is 4.34. The molecule has 7 nitrogen and oxygen atoms in total. The van der Waals surface area contributed by atoms with Crippen molar-refractivity contribution in [1.82, 2.24) is 14.8 Å². The van der Waals surface area contributed by atoms with Crippen molar-refractivity contribution in [1.29, 1.82) is 0 Å². The number of nitrogens with one attached hydrogen (secondary N) is 1. The molecule has 1 N–H and O–H groups in total. The number of anilines is 1. The quantitative estimate of drug-likeness (QED) is 0.618. The fourth-order valence-corrected chi connectivity index (χ4v) is 4.08. The summed E-state index contributed by atoms with van der Waals surface area (Å²) < 4.78 is 7.84. The molecule has 0 radical (unpaired) electrons. The van der Waals surface area contributed by atoms with Crippen molar-refractivity contribution in [3.63, 3.8) is 0 Å². The van der Waals surface area contributed by atoms with Gasteiger partial charge >= 0.3 is 6.03 Å². The molecule has 0 bridgehead atoms. The van der Waals surface area contributed by atoms with Crippen LogP contribution in [0.2, 0.25) is 0 Å². The lowest BCUT2D eigenvalue weighted by molar-refractivity contribution is -0.119. The van der Waals surface area contributed by atoms with E-state index < -0.39 is 6.04 Å². The van der Waals surface area contributed by atoms with Crippen LogP contribution >= 0.6 is 0 Å². The van der Waals surface area contributed by atoms with Crippen molar-refractivity contribution < 1.29 is 14.0 Å². The minimum atomic E-state index is -0.408. The Kier molecular flexibility index (Phi) is 6.11. The first-order valence-electron chi connectivity index (χ1n) is 10.8. The highest BCUT2D eigenvalue weighted by atomic mass is 16.3. The van der Waals surface area contributed by atoms with Crippen LogP contribution in [0.25, 0.3) is 5.69 Å². The van der Waals surface area contributed by atoms with E-state index in [0.29, 0.717) is 18.8 Å². The zero-order valence-corrected chi connectivity index (χ0v) is 18.0. The number of carbonyl (C=O) groups is 2. The van der Waals surface area contributed by atoms with Crippen LogP contribution in [0.1, 0.15) is 44.2 Å². The van der Waals surface area contributed by atoms with Gasteiger partial charge in [0.05, 0.1) is 23.3 Å². The molecule has 0 saturated heterocycles. The van der Waals surface area contributed by atoms with Gasteiger partial charge in [0.15, 0.2) is 0 Å². The van der Waals surface area contributed by atoms with Crippen LogP contribution in [0.4, 0.5) is 10.5 Å². The number of amides is 3. The molecule has 7 heteroatoms. The highest BCUT2D eigenvalue weighted by molar-refractivity contribution is 6.00. The van der Waals surface area contributed by atoms with Gasteiger partial charge in [-0.1, -0.05) is 25.5 Å². The van der Waals surface area contributed by atoms with Crippen molar-refractivity contribution in [2.24, 2.45) is 0 Å². The van der Waals surface area contributed by atoms with Crippen molar-refractivity contribution in [2.75, 3.05) is 24.5 Å². The van der Waals surface area contributed by atoms with E-state index in [-0.39, 0.29) is 18.5 Å². The lowest BCUT2D eigenvalue weighted by Crippen LogP contribution is -2.49. The molecule has 0 aliphatic carbocycles. The van der Waals surface area contributed by atoms with Gasteiger partial charge in [0.25, 0.3) is 0 Å². The van der Waals surface area contributed by atoms with Gasteiger partial charge in [-0.3, -0.25) is 9.69 Å². The molecule has 1 aromatic carbocycles. The zero-order chi connectivity index (χ0) is 21.8. The highest BCUT2D eigenvalue weighted by Gasteiger charge is 2.38. The monoisotopic (exact) mass is 420 g/mol. The summed E-state index contributed by atoms with van der Waals surface area (Å²) >= 11 is 0. The van der Waals surface area contributed by atoms with Crippen LogP contribution in [0.3, 0.4) is 0 Å². The summed E-state index contributed by atoms with van der Waals surface area (Å²) in [4.78, 5) is 29.7. The van der Waals surface area contributed by atoms with Gasteiger partial charge in [-0.15, -0.1) is 0 Å². The minimum Gasteiger partial charge on any atom is -0.467 e. The number of aromatic nitrogens is 1. The molecule has 162 valence electrons. The van der Waals surface area contributed by atoms with Crippen LogP contribution < -0.4 is 10.2 Å². The van der Waals surface area contributed by atoms with Gasteiger partial charge in [0.1, 0.15) is 18.3 Å². The minimum absolute atomic E-state index is 0.00190. The van der Waals surface area contributed by atoms with E-state index in [1.165, 1.54) is 0 Å². The summed E-state index contributed by atoms with van der Waals surface area (Å²) in [5.41, 5.74) is 2.67. The van der Waals surface area contributed by atoms with Crippen LogP contribution in [0, 0.1) is 0 Å². The number of unbranched alkanes of at least 4 members (excludes halogenated alkanes) is 1. The Bertz CT molecular complexity index is 1040. The number of hydrogen-bond donors (Lipinski definition) is 1. The van der Waals surface area contributed by atoms with Gasteiger partial charge < -0.3 is 19.2 Å². The standard InChI is InChI=1S/C24H28N4O3/c1-3-5-14-26(24(30)25-4-2)17-22(29)28-19-11-7-6-10-18(19)27-15-8-12-20(27)23(28)21-13-9-16-31-21/h6-13,15-16,23H,3-5,14,17H2,1-2H3,(H,25,30). The highest BCUT2D eigenvalue weighted by Crippen LogP contribution is 2.42. The average Bonchev–Trinajstić information content (AvgIpc) is 3.48. The molecule has 31 heavy (non-hydrogen) atoms. The normalized spacial score (nSPS) is 14.6. The molecule has 0 spiro atoms. The Balaban J connectivity index is 1.73. The number of nitrogens with zero attached hydrogens (tertiary/aromatic N) is 3. The third-order valence-corrected chi connectivity index (χ3v) is 5.52. The van der Waals surface area contributed by atoms with Crippen LogP contribution in [-0.4, -0.2) is 41.0 Å². The fourth-order valence-electron chi connectivity index (χ4n) is 4.08. The predicted molar refractivity (Wildman–Crippen MR) is 119 cm³/mol. The Morgan fingerprint density at radius 2 is 1.87 bits per heavy atom. The Hall–Kier alpha value is -3.48. The molecular weight excluding hydrogens is 392 g/mol. The maximum absolute atomic E-state index is 13.7. The molecule has 3 aromatic rings. The molecule has 1 aliphatic rings. The van der Waals surface area contributed by atoms with E-state index >= 15 is 0 Å². The first-order valence-corrected chi connectivity index (χ1v) is 10.8. The van der Waals surface area contributed by atoms with Gasteiger partial charge in [-0.05, 0) is 49.7 Å². The second-order valence-electron chi connectivity index (χ2n) is 7.58. The van der Waals surface area contributed by atoms with Crippen molar-refractivity contribution >= 4 is 17.6 Å². The maximum atomic E-state index is 13.7. The molecule has 2 aromatic heterocycles. The molecule has 3 heterocycles. The summed E-state index contributed by atoms with van der Waals surface area (Å²) in [6, 6.07) is 14.9.